The quantitative estimate of drug-likeness (QED) is 0.779. The van der Waals surface area contributed by atoms with Gasteiger partial charge in [-0.3, -0.25) is 0 Å². The van der Waals surface area contributed by atoms with Crippen molar-refractivity contribution in [3.8, 4) is 12.3 Å². The zero-order valence-corrected chi connectivity index (χ0v) is 10.6. The van der Waals surface area contributed by atoms with Gasteiger partial charge in [-0.2, -0.15) is 0 Å². The van der Waals surface area contributed by atoms with Crippen molar-refractivity contribution in [2.75, 3.05) is 6.54 Å². The number of benzene rings is 1. The monoisotopic (exact) mass is 227 g/mol. The lowest BCUT2D eigenvalue weighted by Crippen LogP contribution is -2.35. The van der Waals surface area contributed by atoms with Crippen LogP contribution in [0.25, 0.3) is 0 Å². The molecule has 1 aromatic carbocycles. The van der Waals surface area contributed by atoms with E-state index in [0.717, 1.165) is 13.0 Å². The Morgan fingerprint density at radius 1 is 1.47 bits per heavy atom. The predicted molar refractivity (Wildman–Crippen MR) is 73.0 cm³/mol. The van der Waals surface area contributed by atoms with Gasteiger partial charge in [0.1, 0.15) is 0 Å². The molecule has 90 valence electrons. The third-order valence-electron chi connectivity index (χ3n) is 3.61. The SMILES string of the molecule is C#CC(NCCC)C1CCCc2ccccc21. The fraction of sp³-hybridized carbons (Fsp3) is 0.500. The van der Waals surface area contributed by atoms with Crippen molar-refractivity contribution >= 4 is 0 Å². The number of aryl methyl sites for hydroxylation is 1. The molecular weight excluding hydrogens is 206 g/mol. The molecule has 2 atom stereocenters. The van der Waals surface area contributed by atoms with E-state index in [9.17, 15) is 0 Å². The van der Waals surface area contributed by atoms with Gasteiger partial charge in [0.25, 0.3) is 0 Å². The van der Waals surface area contributed by atoms with Gasteiger partial charge in [0.15, 0.2) is 0 Å². The van der Waals surface area contributed by atoms with E-state index in [2.05, 4.69) is 42.4 Å². The second-order valence-electron chi connectivity index (χ2n) is 4.80. The fourth-order valence-electron chi connectivity index (χ4n) is 2.75. The Morgan fingerprint density at radius 3 is 3.06 bits per heavy atom. The minimum atomic E-state index is 0.191. The number of terminal acetylenes is 1. The highest BCUT2D eigenvalue weighted by Gasteiger charge is 2.25. The van der Waals surface area contributed by atoms with E-state index in [0.29, 0.717) is 5.92 Å². The number of fused-ring (bicyclic) bond motifs is 1. The normalized spacial score (nSPS) is 20.4. The van der Waals surface area contributed by atoms with Crippen molar-refractivity contribution in [2.24, 2.45) is 0 Å². The highest BCUT2D eigenvalue weighted by atomic mass is 14.9. The van der Waals surface area contributed by atoms with E-state index < -0.39 is 0 Å². The van der Waals surface area contributed by atoms with E-state index >= 15 is 0 Å². The maximum Gasteiger partial charge on any atom is 0.0756 e. The molecule has 0 amide bonds. The third kappa shape index (κ3) is 2.70. The highest BCUT2D eigenvalue weighted by Crippen LogP contribution is 2.33. The number of hydrogen-bond acceptors (Lipinski definition) is 1. The molecule has 2 rings (SSSR count). The van der Waals surface area contributed by atoms with E-state index in [4.69, 9.17) is 6.42 Å². The van der Waals surface area contributed by atoms with Crippen LogP contribution >= 0.6 is 0 Å². The maximum atomic E-state index is 5.69. The first-order chi connectivity index (χ1) is 8.36. The zero-order valence-electron chi connectivity index (χ0n) is 10.6. The van der Waals surface area contributed by atoms with Crippen LogP contribution in [-0.2, 0) is 6.42 Å². The molecular formula is C16H21N. The summed E-state index contributed by atoms with van der Waals surface area (Å²) in [5.41, 5.74) is 2.95. The Morgan fingerprint density at radius 2 is 2.29 bits per heavy atom. The van der Waals surface area contributed by atoms with Gasteiger partial charge in [-0.05, 0) is 43.4 Å². The molecule has 0 saturated carbocycles. The Labute approximate surface area is 105 Å². The molecule has 2 unspecified atom stereocenters. The summed E-state index contributed by atoms with van der Waals surface area (Å²) in [5.74, 6) is 3.43. The van der Waals surface area contributed by atoms with Gasteiger partial charge in [0, 0.05) is 5.92 Å². The molecule has 0 aromatic heterocycles. The molecule has 0 saturated heterocycles. The van der Waals surface area contributed by atoms with Crippen LogP contribution < -0.4 is 5.32 Å². The van der Waals surface area contributed by atoms with Crippen LogP contribution in [0.15, 0.2) is 24.3 Å². The van der Waals surface area contributed by atoms with Gasteiger partial charge < -0.3 is 5.32 Å². The summed E-state index contributed by atoms with van der Waals surface area (Å²) in [6, 6.07) is 8.94. The van der Waals surface area contributed by atoms with Crippen LogP contribution in [0.4, 0.5) is 0 Å². The molecule has 0 heterocycles. The van der Waals surface area contributed by atoms with Crippen LogP contribution in [0.5, 0.6) is 0 Å². The topological polar surface area (TPSA) is 12.0 Å². The van der Waals surface area contributed by atoms with Gasteiger partial charge in [0.05, 0.1) is 6.04 Å². The summed E-state index contributed by atoms with van der Waals surface area (Å²) < 4.78 is 0. The fourth-order valence-corrected chi connectivity index (χ4v) is 2.75. The van der Waals surface area contributed by atoms with Crippen LogP contribution in [0.2, 0.25) is 0 Å². The van der Waals surface area contributed by atoms with Crippen molar-refractivity contribution in [3.05, 3.63) is 35.4 Å². The van der Waals surface area contributed by atoms with Crippen molar-refractivity contribution in [1.29, 1.82) is 0 Å². The van der Waals surface area contributed by atoms with E-state index in [1.165, 1.54) is 30.4 Å². The number of nitrogens with one attached hydrogen (secondary N) is 1. The Hall–Kier alpha value is -1.26. The van der Waals surface area contributed by atoms with Crippen LogP contribution in [0, 0.1) is 12.3 Å². The molecule has 1 aromatic rings. The molecule has 0 spiro atoms. The largest absolute Gasteiger partial charge is 0.303 e. The standard InChI is InChI=1S/C16H21N/c1-3-12-17-16(4-2)15-11-7-9-13-8-5-6-10-14(13)15/h2,5-6,8,10,15-17H,3,7,9,11-12H2,1H3. The lowest BCUT2D eigenvalue weighted by atomic mass is 9.79. The summed E-state index contributed by atoms with van der Waals surface area (Å²) in [6.45, 7) is 3.18. The summed E-state index contributed by atoms with van der Waals surface area (Å²) in [4.78, 5) is 0. The third-order valence-corrected chi connectivity index (χ3v) is 3.61. The van der Waals surface area contributed by atoms with E-state index in [1.807, 2.05) is 0 Å². The average Bonchev–Trinajstić information content (AvgIpc) is 2.40. The molecule has 1 aliphatic rings. The Balaban J connectivity index is 2.19. The first-order valence-corrected chi connectivity index (χ1v) is 6.64. The van der Waals surface area contributed by atoms with Crippen LogP contribution in [-0.4, -0.2) is 12.6 Å². The minimum absolute atomic E-state index is 0.191. The molecule has 1 aliphatic carbocycles. The second kappa shape index (κ2) is 5.89. The van der Waals surface area contributed by atoms with Gasteiger partial charge >= 0.3 is 0 Å². The van der Waals surface area contributed by atoms with Gasteiger partial charge in [-0.25, -0.2) is 0 Å². The average molecular weight is 227 g/mol. The van der Waals surface area contributed by atoms with Crippen molar-refractivity contribution in [1.82, 2.24) is 5.32 Å². The van der Waals surface area contributed by atoms with Gasteiger partial charge in [-0.15, -0.1) is 6.42 Å². The molecule has 0 bridgehead atoms. The van der Waals surface area contributed by atoms with E-state index in [1.54, 1.807) is 0 Å². The molecule has 0 radical (unpaired) electrons. The van der Waals surface area contributed by atoms with Crippen LogP contribution in [0.3, 0.4) is 0 Å². The minimum Gasteiger partial charge on any atom is -0.303 e. The summed E-state index contributed by atoms with van der Waals surface area (Å²) in [6.07, 6.45) is 10.5. The summed E-state index contributed by atoms with van der Waals surface area (Å²) in [5, 5.41) is 3.49. The number of rotatable bonds is 4. The molecule has 0 aliphatic heterocycles. The molecule has 17 heavy (non-hydrogen) atoms. The summed E-state index contributed by atoms with van der Waals surface area (Å²) in [7, 11) is 0. The molecule has 1 nitrogen and oxygen atoms in total. The lowest BCUT2D eigenvalue weighted by molar-refractivity contribution is 0.453. The van der Waals surface area contributed by atoms with Crippen LogP contribution in [0.1, 0.15) is 43.2 Å². The Bertz CT molecular complexity index is 402. The van der Waals surface area contributed by atoms with Gasteiger partial charge in [-0.1, -0.05) is 37.1 Å². The lowest BCUT2D eigenvalue weighted by Gasteiger charge is -2.30. The smallest absolute Gasteiger partial charge is 0.0756 e. The highest BCUT2D eigenvalue weighted by molar-refractivity contribution is 5.35. The first-order valence-electron chi connectivity index (χ1n) is 6.64. The second-order valence-corrected chi connectivity index (χ2v) is 4.80. The molecule has 1 heteroatoms. The summed E-state index contributed by atoms with van der Waals surface area (Å²) >= 11 is 0. The molecule has 0 fully saturated rings. The predicted octanol–water partition coefficient (Wildman–Crippen LogP) is 3.11. The van der Waals surface area contributed by atoms with Crippen molar-refractivity contribution in [3.63, 3.8) is 0 Å². The van der Waals surface area contributed by atoms with Gasteiger partial charge in [0.2, 0.25) is 0 Å². The van der Waals surface area contributed by atoms with Crippen molar-refractivity contribution < 1.29 is 0 Å². The van der Waals surface area contributed by atoms with E-state index in [-0.39, 0.29) is 6.04 Å². The zero-order chi connectivity index (χ0) is 12.1. The first kappa shape index (κ1) is 12.2. The Kier molecular flexibility index (Phi) is 4.23. The van der Waals surface area contributed by atoms with Crippen molar-refractivity contribution in [2.45, 2.75) is 44.6 Å². The molecule has 1 N–H and O–H groups in total. The maximum absolute atomic E-state index is 5.69. The number of hydrogen-bond donors (Lipinski definition) is 1.